The Hall–Kier alpha value is -1.85. The number of aliphatic carboxylic acids is 1. The second kappa shape index (κ2) is 8.85. The van der Waals surface area contributed by atoms with Gasteiger partial charge in [0.25, 0.3) is 0 Å². The summed E-state index contributed by atoms with van der Waals surface area (Å²) in [4.78, 5) is 23.3. The maximum Gasteiger partial charge on any atom is 0.326 e. The van der Waals surface area contributed by atoms with Gasteiger partial charge in [0, 0.05) is 18.7 Å². The average molecular weight is 337 g/mol. The van der Waals surface area contributed by atoms with Crippen LogP contribution in [-0.2, 0) is 22.6 Å². The van der Waals surface area contributed by atoms with E-state index in [2.05, 4.69) is 24.3 Å². The molecule has 0 aliphatic carbocycles. The molecule has 1 rings (SSSR count). The van der Waals surface area contributed by atoms with Gasteiger partial charge in [-0.25, -0.2) is 4.79 Å². The smallest absolute Gasteiger partial charge is 0.326 e. The molecule has 1 atom stereocenters. The van der Waals surface area contributed by atoms with E-state index < -0.39 is 12.0 Å². The number of hydrogen-bond acceptors (Lipinski definition) is 3. The summed E-state index contributed by atoms with van der Waals surface area (Å²) in [6.45, 7) is 13.0. The van der Waals surface area contributed by atoms with Gasteiger partial charge in [-0.2, -0.15) is 5.10 Å². The first kappa shape index (κ1) is 20.2. The van der Waals surface area contributed by atoms with E-state index in [9.17, 15) is 14.7 Å². The molecule has 1 heterocycles. The molecule has 136 valence electrons. The third-order valence-corrected chi connectivity index (χ3v) is 4.01. The van der Waals surface area contributed by atoms with Gasteiger partial charge in [-0.05, 0) is 44.1 Å². The summed E-state index contributed by atoms with van der Waals surface area (Å²) in [6, 6.07) is -0.816. The van der Waals surface area contributed by atoms with E-state index in [1.165, 1.54) is 0 Å². The van der Waals surface area contributed by atoms with Gasteiger partial charge in [0.1, 0.15) is 6.04 Å². The van der Waals surface area contributed by atoms with Crippen LogP contribution in [0.4, 0.5) is 0 Å². The summed E-state index contributed by atoms with van der Waals surface area (Å²) < 4.78 is 1.99. The highest BCUT2D eigenvalue weighted by Gasteiger charge is 2.21. The van der Waals surface area contributed by atoms with Crippen molar-refractivity contribution in [2.45, 2.75) is 73.4 Å². The van der Waals surface area contributed by atoms with E-state index in [1.807, 2.05) is 32.4 Å². The van der Waals surface area contributed by atoms with Crippen LogP contribution in [0, 0.1) is 25.7 Å². The first-order valence-electron chi connectivity index (χ1n) is 8.66. The van der Waals surface area contributed by atoms with E-state index in [-0.39, 0.29) is 18.2 Å². The molecule has 0 aromatic carbocycles. The SMILES string of the molecule is Cc1nn(CC(C)C)c(C)c1CCC(=O)N[C@H](CC(C)C)C(=O)O. The minimum absolute atomic E-state index is 0.213. The molecule has 1 aromatic rings. The van der Waals surface area contributed by atoms with Crippen molar-refractivity contribution < 1.29 is 14.7 Å². The lowest BCUT2D eigenvalue weighted by Gasteiger charge is -2.16. The number of aryl methyl sites for hydroxylation is 1. The molecule has 6 heteroatoms. The van der Waals surface area contributed by atoms with Gasteiger partial charge in [-0.15, -0.1) is 0 Å². The lowest BCUT2D eigenvalue weighted by Crippen LogP contribution is -2.41. The number of carboxylic acids is 1. The molecule has 24 heavy (non-hydrogen) atoms. The average Bonchev–Trinajstić information content (AvgIpc) is 2.69. The lowest BCUT2D eigenvalue weighted by atomic mass is 10.0. The molecule has 2 N–H and O–H groups in total. The van der Waals surface area contributed by atoms with E-state index >= 15 is 0 Å². The predicted molar refractivity (Wildman–Crippen MR) is 93.9 cm³/mol. The number of amides is 1. The Labute approximate surface area is 144 Å². The number of aromatic nitrogens is 2. The maximum absolute atomic E-state index is 12.1. The van der Waals surface area contributed by atoms with Crippen LogP contribution in [0.15, 0.2) is 0 Å². The highest BCUT2D eigenvalue weighted by molar-refractivity contribution is 5.83. The number of carbonyl (C=O) groups excluding carboxylic acids is 1. The summed E-state index contributed by atoms with van der Waals surface area (Å²) in [5.74, 6) is -0.482. The Bertz CT molecular complexity index is 576. The molecular weight excluding hydrogens is 306 g/mol. The monoisotopic (exact) mass is 337 g/mol. The van der Waals surface area contributed by atoms with Crippen LogP contribution < -0.4 is 5.32 Å². The quantitative estimate of drug-likeness (QED) is 0.725. The van der Waals surface area contributed by atoms with Gasteiger partial charge in [-0.3, -0.25) is 9.48 Å². The molecule has 0 spiro atoms. The number of carboxylic acid groups (broad SMARTS) is 1. The predicted octanol–water partition coefficient (Wildman–Crippen LogP) is 2.70. The van der Waals surface area contributed by atoms with Gasteiger partial charge in [0.15, 0.2) is 0 Å². The second-order valence-corrected chi connectivity index (χ2v) is 7.31. The van der Waals surface area contributed by atoms with Crippen molar-refractivity contribution in [3.8, 4) is 0 Å². The summed E-state index contributed by atoms with van der Waals surface area (Å²) >= 11 is 0. The van der Waals surface area contributed by atoms with Crippen molar-refractivity contribution in [1.29, 1.82) is 0 Å². The fourth-order valence-electron chi connectivity index (χ4n) is 2.82. The fourth-order valence-corrected chi connectivity index (χ4v) is 2.82. The summed E-state index contributed by atoms with van der Waals surface area (Å²) in [7, 11) is 0. The van der Waals surface area contributed by atoms with Crippen LogP contribution >= 0.6 is 0 Å². The van der Waals surface area contributed by atoms with Crippen molar-refractivity contribution in [2.75, 3.05) is 0 Å². The molecule has 0 saturated heterocycles. The number of hydrogen-bond donors (Lipinski definition) is 2. The first-order valence-corrected chi connectivity index (χ1v) is 8.66. The molecule has 1 amide bonds. The van der Waals surface area contributed by atoms with Gasteiger partial charge in [-0.1, -0.05) is 27.7 Å². The normalized spacial score (nSPS) is 12.7. The number of nitrogens with zero attached hydrogens (tertiary/aromatic N) is 2. The third-order valence-electron chi connectivity index (χ3n) is 4.01. The minimum atomic E-state index is -0.978. The van der Waals surface area contributed by atoms with Crippen molar-refractivity contribution in [3.05, 3.63) is 17.0 Å². The zero-order chi connectivity index (χ0) is 18.4. The maximum atomic E-state index is 12.1. The molecule has 0 saturated carbocycles. The first-order chi connectivity index (χ1) is 11.1. The zero-order valence-corrected chi connectivity index (χ0v) is 15.7. The van der Waals surface area contributed by atoms with Gasteiger partial charge in [0.2, 0.25) is 5.91 Å². The topological polar surface area (TPSA) is 84.2 Å². The number of rotatable bonds is 9. The second-order valence-electron chi connectivity index (χ2n) is 7.31. The van der Waals surface area contributed by atoms with Crippen molar-refractivity contribution >= 4 is 11.9 Å². The zero-order valence-electron chi connectivity index (χ0n) is 15.7. The molecule has 0 aliphatic rings. The van der Waals surface area contributed by atoms with E-state index in [4.69, 9.17) is 0 Å². The molecule has 6 nitrogen and oxygen atoms in total. The van der Waals surface area contributed by atoms with Gasteiger partial charge < -0.3 is 10.4 Å². The summed E-state index contributed by atoms with van der Waals surface area (Å²) in [6.07, 6.45) is 1.29. The number of carbonyl (C=O) groups is 2. The minimum Gasteiger partial charge on any atom is -0.480 e. The molecular formula is C18H31N3O3. The van der Waals surface area contributed by atoms with Crippen LogP contribution in [-0.4, -0.2) is 32.8 Å². The Balaban J connectivity index is 2.67. The third kappa shape index (κ3) is 5.98. The fraction of sp³-hybridized carbons (Fsp3) is 0.722. The van der Waals surface area contributed by atoms with Crippen LogP contribution in [0.25, 0.3) is 0 Å². The van der Waals surface area contributed by atoms with Gasteiger partial charge >= 0.3 is 5.97 Å². The molecule has 0 bridgehead atoms. The van der Waals surface area contributed by atoms with Crippen molar-refractivity contribution in [2.24, 2.45) is 11.8 Å². The van der Waals surface area contributed by atoms with Crippen LogP contribution in [0.1, 0.15) is 57.5 Å². The van der Waals surface area contributed by atoms with Crippen LogP contribution in [0.5, 0.6) is 0 Å². The van der Waals surface area contributed by atoms with E-state index in [1.54, 1.807) is 0 Å². The lowest BCUT2D eigenvalue weighted by molar-refractivity contribution is -0.142. The van der Waals surface area contributed by atoms with Crippen LogP contribution in [0.2, 0.25) is 0 Å². The molecule has 1 aromatic heterocycles. The number of nitrogens with one attached hydrogen (secondary N) is 1. The molecule has 0 aliphatic heterocycles. The summed E-state index contributed by atoms with van der Waals surface area (Å²) in [5, 5.41) is 16.4. The largest absolute Gasteiger partial charge is 0.480 e. The Kier molecular flexibility index (Phi) is 7.45. The highest BCUT2D eigenvalue weighted by atomic mass is 16.4. The van der Waals surface area contributed by atoms with E-state index in [0.717, 1.165) is 23.5 Å². The van der Waals surface area contributed by atoms with Crippen molar-refractivity contribution in [1.82, 2.24) is 15.1 Å². The van der Waals surface area contributed by atoms with Crippen LogP contribution in [0.3, 0.4) is 0 Å². The Morgan fingerprint density at radius 1 is 1.17 bits per heavy atom. The summed E-state index contributed by atoms with van der Waals surface area (Å²) in [5.41, 5.74) is 3.12. The Morgan fingerprint density at radius 3 is 2.29 bits per heavy atom. The van der Waals surface area contributed by atoms with Gasteiger partial charge in [0.05, 0.1) is 5.69 Å². The molecule has 0 fully saturated rings. The molecule has 0 unspecified atom stereocenters. The standard InChI is InChI=1S/C18H31N3O3/c1-11(2)9-16(18(23)24)19-17(22)8-7-15-13(5)20-21(14(15)6)10-12(3)4/h11-12,16H,7-10H2,1-6H3,(H,19,22)(H,23,24)/t16-/m1/s1. The highest BCUT2D eigenvalue weighted by Crippen LogP contribution is 2.16. The van der Waals surface area contributed by atoms with Crippen molar-refractivity contribution in [3.63, 3.8) is 0 Å². The molecule has 0 radical (unpaired) electrons. The van der Waals surface area contributed by atoms with E-state index in [0.29, 0.717) is 18.8 Å². The Morgan fingerprint density at radius 2 is 1.79 bits per heavy atom.